The molecule has 3 heterocycles. The van der Waals surface area contributed by atoms with Crippen LogP contribution >= 0.6 is 0 Å². The highest BCUT2D eigenvalue weighted by Gasteiger charge is 2.46. The zero-order valence-electron chi connectivity index (χ0n) is 22.8. The van der Waals surface area contributed by atoms with Gasteiger partial charge in [-0.3, -0.25) is 9.48 Å². The highest BCUT2D eigenvalue weighted by atomic mass is 32.2. The van der Waals surface area contributed by atoms with Gasteiger partial charge < -0.3 is 9.64 Å². The van der Waals surface area contributed by atoms with Gasteiger partial charge in [0.2, 0.25) is 0 Å². The molecule has 1 aromatic heterocycles. The molecule has 1 amide bonds. The number of rotatable bonds is 8. The molecule has 4 aromatic rings. The van der Waals surface area contributed by atoms with Crippen molar-refractivity contribution < 1.29 is 17.9 Å². The molecule has 8 heteroatoms. The molecule has 0 unspecified atom stereocenters. The summed E-state index contributed by atoms with van der Waals surface area (Å²) in [5.74, 6) is 0.731. The zero-order valence-corrected chi connectivity index (χ0v) is 23.6. The Kier molecular flexibility index (Phi) is 6.96. The lowest BCUT2D eigenvalue weighted by atomic mass is 9.95. The molecule has 3 aromatic carbocycles. The summed E-state index contributed by atoms with van der Waals surface area (Å²) < 4.78 is 32.0. The number of ether oxygens (including phenoxy) is 1. The van der Waals surface area contributed by atoms with E-state index in [0.29, 0.717) is 30.8 Å². The van der Waals surface area contributed by atoms with Gasteiger partial charge in [0.05, 0.1) is 36.4 Å². The summed E-state index contributed by atoms with van der Waals surface area (Å²) in [4.78, 5) is 16.2. The summed E-state index contributed by atoms with van der Waals surface area (Å²) in [6.07, 6.45) is 2.09. The van der Waals surface area contributed by atoms with E-state index in [1.807, 2.05) is 47.4 Å². The maximum absolute atomic E-state index is 14.3. The van der Waals surface area contributed by atoms with E-state index in [1.54, 1.807) is 11.8 Å². The van der Waals surface area contributed by atoms with Crippen molar-refractivity contribution in [3.05, 3.63) is 107 Å². The number of amides is 1. The number of carbonyl (C=O) groups excluding carboxylic acids is 1. The number of nitrogens with zero attached hydrogens (tertiary/aromatic N) is 3. The van der Waals surface area contributed by atoms with Crippen LogP contribution in [0.3, 0.4) is 0 Å². The van der Waals surface area contributed by atoms with Crippen molar-refractivity contribution >= 4 is 15.7 Å². The van der Waals surface area contributed by atoms with E-state index in [0.717, 1.165) is 34.4 Å². The van der Waals surface area contributed by atoms with E-state index in [1.165, 1.54) is 5.56 Å². The van der Waals surface area contributed by atoms with Crippen LogP contribution in [-0.4, -0.2) is 54.2 Å². The Bertz CT molecular complexity index is 1630. The molecule has 6 rings (SSSR count). The van der Waals surface area contributed by atoms with E-state index in [9.17, 15) is 13.2 Å². The number of sulfone groups is 1. The molecule has 206 valence electrons. The van der Waals surface area contributed by atoms with Gasteiger partial charge >= 0.3 is 0 Å². The first-order chi connectivity index (χ1) is 19.4. The second kappa shape index (κ2) is 10.6. The average molecular weight is 556 g/mol. The third kappa shape index (κ3) is 4.81. The number of hydrogen-bond donors (Lipinski definition) is 0. The molecule has 0 radical (unpaired) electrons. The molecule has 0 spiro atoms. The van der Waals surface area contributed by atoms with Crippen LogP contribution in [0.5, 0.6) is 5.75 Å². The third-order valence-electron chi connectivity index (χ3n) is 8.10. The number of fused-ring (bicyclic) bond motifs is 1. The lowest BCUT2D eigenvalue weighted by molar-refractivity contribution is 0.0738. The second-order valence-corrected chi connectivity index (χ2v) is 12.8. The van der Waals surface area contributed by atoms with Crippen LogP contribution in [0.2, 0.25) is 0 Å². The fraction of sp³-hybridized carbons (Fsp3) is 0.312. The molecular weight excluding hydrogens is 522 g/mol. The largest absolute Gasteiger partial charge is 0.497 e. The van der Waals surface area contributed by atoms with E-state index in [2.05, 4.69) is 43.3 Å². The molecule has 2 aliphatic heterocycles. The Morgan fingerprint density at radius 1 is 0.950 bits per heavy atom. The van der Waals surface area contributed by atoms with Crippen LogP contribution in [0, 0.1) is 0 Å². The summed E-state index contributed by atoms with van der Waals surface area (Å²) in [6, 6.07) is 25.6. The Morgan fingerprint density at radius 3 is 2.30 bits per heavy atom. The van der Waals surface area contributed by atoms with Crippen molar-refractivity contribution in [2.45, 2.75) is 38.3 Å². The van der Waals surface area contributed by atoms with Gasteiger partial charge in [-0.1, -0.05) is 61.5 Å². The van der Waals surface area contributed by atoms with Gasteiger partial charge in [-0.15, -0.1) is 0 Å². The van der Waals surface area contributed by atoms with Gasteiger partial charge in [0.15, 0.2) is 9.84 Å². The summed E-state index contributed by atoms with van der Waals surface area (Å²) >= 11 is 0. The van der Waals surface area contributed by atoms with E-state index in [-0.39, 0.29) is 29.5 Å². The van der Waals surface area contributed by atoms with Gasteiger partial charge in [0.1, 0.15) is 11.4 Å². The SMILES string of the molecule is CCc1ccc([C@H]2c3c(-c4ccc(OC)cc4)nn([C@@H]4CCS(=O)(=O)C4)c3C(=O)N2CCc2ccccc2)cc1. The molecule has 1 fully saturated rings. The van der Waals surface area contributed by atoms with Crippen molar-refractivity contribution in [3.63, 3.8) is 0 Å². The van der Waals surface area contributed by atoms with Crippen molar-refractivity contribution in [2.24, 2.45) is 0 Å². The van der Waals surface area contributed by atoms with Crippen molar-refractivity contribution in [2.75, 3.05) is 25.2 Å². The second-order valence-electron chi connectivity index (χ2n) is 10.6. The van der Waals surface area contributed by atoms with Crippen molar-refractivity contribution in [3.8, 4) is 17.0 Å². The standard InChI is InChI=1S/C32H33N3O4S/c1-3-22-9-11-25(12-10-22)30-28-29(24-13-15-27(39-2)16-14-24)33-35(26-18-20-40(37,38)21-26)31(28)32(36)34(30)19-17-23-7-5-4-6-8-23/h4-16,26,30H,3,17-21H2,1-2H3/t26-,30+/m1/s1. The maximum Gasteiger partial charge on any atom is 0.273 e. The zero-order chi connectivity index (χ0) is 27.9. The Labute approximate surface area is 235 Å². The Morgan fingerprint density at radius 2 is 1.68 bits per heavy atom. The predicted octanol–water partition coefficient (Wildman–Crippen LogP) is 5.27. The van der Waals surface area contributed by atoms with E-state index in [4.69, 9.17) is 9.84 Å². The number of aromatic nitrogens is 2. The molecule has 0 aliphatic carbocycles. The molecule has 0 saturated carbocycles. The lowest BCUT2D eigenvalue weighted by Gasteiger charge is -2.27. The quantitative estimate of drug-likeness (QED) is 0.296. The molecule has 40 heavy (non-hydrogen) atoms. The van der Waals surface area contributed by atoms with Crippen molar-refractivity contribution in [1.29, 1.82) is 0 Å². The van der Waals surface area contributed by atoms with Crippen LogP contribution in [0.4, 0.5) is 0 Å². The third-order valence-corrected chi connectivity index (χ3v) is 9.85. The summed E-state index contributed by atoms with van der Waals surface area (Å²) in [5, 5.41) is 4.98. The van der Waals surface area contributed by atoms with E-state index < -0.39 is 9.84 Å². The normalized spacial score (nSPS) is 19.6. The van der Waals surface area contributed by atoms with Gasteiger partial charge in [0.25, 0.3) is 5.91 Å². The highest BCUT2D eigenvalue weighted by molar-refractivity contribution is 7.91. The van der Waals surface area contributed by atoms with Crippen molar-refractivity contribution in [1.82, 2.24) is 14.7 Å². The number of benzene rings is 3. The van der Waals surface area contributed by atoms with Gasteiger partial charge in [-0.05, 0) is 60.2 Å². The summed E-state index contributed by atoms with van der Waals surface area (Å²) in [7, 11) is -1.55. The maximum atomic E-state index is 14.3. The summed E-state index contributed by atoms with van der Waals surface area (Å²) in [5.41, 5.74) is 6.33. The minimum atomic E-state index is -3.18. The molecular formula is C32H33N3O4S. The summed E-state index contributed by atoms with van der Waals surface area (Å²) in [6.45, 7) is 2.66. The van der Waals surface area contributed by atoms with E-state index >= 15 is 0 Å². The molecule has 2 aliphatic rings. The predicted molar refractivity (Wildman–Crippen MR) is 155 cm³/mol. The number of hydrogen-bond acceptors (Lipinski definition) is 5. The molecule has 1 saturated heterocycles. The smallest absolute Gasteiger partial charge is 0.273 e. The van der Waals surface area contributed by atoms with Gasteiger partial charge in [0, 0.05) is 17.7 Å². The van der Waals surface area contributed by atoms with Crippen LogP contribution in [0.15, 0.2) is 78.9 Å². The fourth-order valence-corrected chi connectivity index (χ4v) is 7.62. The Balaban J connectivity index is 1.51. The molecule has 0 N–H and O–H groups in total. The first-order valence-electron chi connectivity index (χ1n) is 13.8. The Hall–Kier alpha value is -3.91. The first kappa shape index (κ1) is 26.3. The van der Waals surface area contributed by atoms with Crippen LogP contribution < -0.4 is 4.74 Å². The van der Waals surface area contributed by atoms with Gasteiger partial charge in [-0.25, -0.2) is 8.42 Å². The topological polar surface area (TPSA) is 81.5 Å². The minimum Gasteiger partial charge on any atom is -0.497 e. The van der Waals surface area contributed by atoms with Crippen LogP contribution in [0.25, 0.3) is 11.3 Å². The number of methoxy groups -OCH3 is 1. The van der Waals surface area contributed by atoms with Crippen LogP contribution in [0.1, 0.15) is 58.2 Å². The minimum absolute atomic E-state index is 0.00364. The van der Waals surface area contributed by atoms with Crippen LogP contribution in [-0.2, 0) is 22.7 Å². The first-order valence-corrected chi connectivity index (χ1v) is 15.6. The van der Waals surface area contributed by atoms with Gasteiger partial charge in [-0.2, -0.15) is 5.10 Å². The number of aryl methyl sites for hydroxylation is 1. The molecule has 7 nitrogen and oxygen atoms in total. The highest BCUT2D eigenvalue weighted by Crippen LogP contribution is 2.45. The average Bonchev–Trinajstić information content (AvgIpc) is 3.63. The molecule has 2 atom stereocenters. The fourth-order valence-electron chi connectivity index (χ4n) is 5.93. The monoisotopic (exact) mass is 555 g/mol. The lowest BCUT2D eigenvalue weighted by Crippen LogP contribution is -2.32. The molecule has 0 bridgehead atoms. The number of carbonyl (C=O) groups is 1.